The van der Waals surface area contributed by atoms with Crippen LogP contribution in [0.3, 0.4) is 0 Å². The molecule has 0 unspecified atom stereocenters. The fraction of sp³-hybridized carbons (Fsp3) is 0.500. The topological polar surface area (TPSA) is 80.0 Å². The predicted octanol–water partition coefficient (Wildman–Crippen LogP) is 1.16. The van der Waals surface area contributed by atoms with Gasteiger partial charge in [0.05, 0.1) is 5.69 Å². The normalized spacial score (nSPS) is 10.4. The third-order valence-corrected chi connectivity index (χ3v) is 2.31. The molecule has 0 radical (unpaired) electrons. The van der Waals surface area contributed by atoms with Crippen LogP contribution in [0.15, 0.2) is 12.1 Å². The van der Waals surface area contributed by atoms with E-state index in [2.05, 4.69) is 15.6 Å². The molecule has 5 nitrogen and oxygen atoms in total. The fourth-order valence-electron chi connectivity index (χ4n) is 1.28. The highest BCUT2D eigenvalue weighted by atomic mass is 16.1. The maximum absolute atomic E-state index is 11.3. The van der Waals surface area contributed by atoms with E-state index >= 15 is 0 Å². The van der Waals surface area contributed by atoms with Gasteiger partial charge in [-0.1, -0.05) is 13.8 Å². The van der Waals surface area contributed by atoms with Gasteiger partial charge in [0.25, 0.3) is 0 Å². The van der Waals surface area contributed by atoms with E-state index in [0.717, 1.165) is 5.69 Å². The first kappa shape index (κ1) is 13.3. The van der Waals surface area contributed by atoms with Gasteiger partial charge in [-0.05, 0) is 19.1 Å². The number of carbonyl (C=O) groups excluding carboxylic acids is 1. The molecule has 0 aliphatic rings. The van der Waals surface area contributed by atoms with Crippen molar-refractivity contribution in [3.05, 3.63) is 17.8 Å². The van der Waals surface area contributed by atoms with Gasteiger partial charge in [-0.2, -0.15) is 0 Å². The van der Waals surface area contributed by atoms with Gasteiger partial charge in [0.15, 0.2) is 0 Å². The highest BCUT2D eigenvalue weighted by Crippen LogP contribution is 2.14. The first-order valence-electron chi connectivity index (χ1n) is 5.75. The zero-order chi connectivity index (χ0) is 12.8. The van der Waals surface area contributed by atoms with E-state index in [-0.39, 0.29) is 11.8 Å². The lowest BCUT2D eigenvalue weighted by molar-refractivity contribution is -0.123. The Labute approximate surface area is 102 Å². The van der Waals surface area contributed by atoms with E-state index in [9.17, 15) is 4.79 Å². The molecule has 5 heteroatoms. The molecule has 0 saturated heterocycles. The van der Waals surface area contributed by atoms with E-state index < -0.39 is 0 Å². The van der Waals surface area contributed by atoms with Crippen molar-refractivity contribution in [1.82, 2.24) is 10.3 Å². The molecule has 1 heterocycles. The molecule has 1 amide bonds. The highest BCUT2D eigenvalue weighted by Gasteiger charge is 2.05. The Kier molecular flexibility index (Phi) is 4.75. The second-order valence-corrected chi connectivity index (χ2v) is 4.26. The number of rotatable bonds is 5. The number of anilines is 2. The molecule has 1 aromatic heterocycles. The van der Waals surface area contributed by atoms with Crippen LogP contribution in [0.2, 0.25) is 0 Å². The van der Waals surface area contributed by atoms with Crippen molar-refractivity contribution in [2.75, 3.05) is 24.1 Å². The molecule has 1 aromatic rings. The number of nitrogens with one attached hydrogen (secondary N) is 2. The monoisotopic (exact) mass is 236 g/mol. The van der Waals surface area contributed by atoms with Crippen molar-refractivity contribution in [2.45, 2.75) is 20.8 Å². The molecule has 0 aliphatic heterocycles. The van der Waals surface area contributed by atoms with Crippen molar-refractivity contribution >= 4 is 17.4 Å². The lowest BCUT2D eigenvalue weighted by atomic mass is 10.2. The van der Waals surface area contributed by atoms with Crippen LogP contribution in [0.5, 0.6) is 0 Å². The summed E-state index contributed by atoms with van der Waals surface area (Å²) in [6, 6.07) is 3.68. The van der Waals surface area contributed by atoms with E-state index in [1.165, 1.54) is 0 Å². The van der Waals surface area contributed by atoms with Crippen LogP contribution in [0.25, 0.3) is 0 Å². The van der Waals surface area contributed by atoms with Gasteiger partial charge in [0.1, 0.15) is 5.82 Å². The lowest BCUT2D eigenvalue weighted by Crippen LogP contribution is -2.32. The third kappa shape index (κ3) is 4.30. The van der Waals surface area contributed by atoms with Crippen LogP contribution in [0, 0.1) is 12.8 Å². The number of nitrogens with zero attached hydrogens (tertiary/aromatic N) is 1. The predicted molar refractivity (Wildman–Crippen MR) is 69.7 cm³/mol. The minimum Gasteiger partial charge on any atom is -0.396 e. The molecule has 0 atom stereocenters. The van der Waals surface area contributed by atoms with Crippen molar-refractivity contribution < 1.29 is 4.79 Å². The van der Waals surface area contributed by atoms with Gasteiger partial charge in [0.2, 0.25) is 5.91 Å². The van der Waals surface area contributed by atoms with E-state index in [4.69, 9.17) is 5.73 Å². The fourth-order valence-corrected chi connectivity index (χ4v) is 1.28. The van der Waals surface area contributed by atoms with Gasteiger partial charge >= 0.3 is 0 Å². The summed E-state index contributed by atoms with van der Waals surface area (Å²) in [5.74, 6) is 0.734. The SMILES string of the molecule is Cc1ccc(N)c(NCCNC(=O)C(C)C)n1. The van der Waals surface area contributed by atoms with Crippen LogP contribution in [0.4, 0.5) is 11.5 Å². The molecule has 0 aliphatic carbocycles. The van der Waals surface area contributed by atoms with Crippen LogP contribution in [0.1, 0.15) is 19.5 Å². The molecule has 0 saturated carbocycles. The van der Waals surface area contributed by atoms with Crippen molar-refractivity contribution in [3.63, 3.8) is 0 Å². The number of hydrogen-bond acceptors (Lipinski definition) is 4. The van der Waals surface area contributed by atoms with E-state index in [0.29, 0.717) is 24.6 Å². The zero-order valence-electron chi connectivity index (χ0n) is 10.6. The summed E-state index contributed by atoms with van der Waals surface area (Å²) in [6.07, 6.45) is 0. The quantitative estimate of drug-likeness (QED) is 0.670. The summed E-state index contributed by atoms with van der Waals surface area (Å²) in [7, 11) is 0. The minimum absolute atomic E-state index is 0.0113. The number of nitrogen functional groups attached to an aromatic ring is 1. The standard InChI is InChI=1S/C12H20N4O/c1-8(2)12(17)15-7-6-14-11-10(13)5-4-9(3)16-11/h4-5,8H,6-7,13H2,1-3H3,(H,14,16)(H,15,17). The number of aromatic nitrogens is 1. The third-order valence-electron chi connectivity index (χ3n) is 2.31. The minimum atomic E-state index is 0.0113. The average molecular weight is 236 g/mol. The number of hydrogen-bond donors (Lipinski definition) is 3. The molecule has 0 spiro atoms. The molecule has 17 heavy (non-hydrogen) atoms. The van der Waals surface area contributed by atoms with Crippen LogP contribution >= 0.6 is 0 Å². The summed E-state index contributed by atoms with van der Waals surface area (Å²) in [6.45, 7) is 6.81. The van der Waals surface area contributed by atoms with Crippen LogP contribution in [-0.2, 0) is 4.79 Å². The van der Waals surface area contributed by atoms with Crippen molar-refractivity contribution in [3.8, 4) is 0 Å². The van der Waals surface area contributed by atoms with Gasteiger partial charge in [0, 0.05) is 24.7 Å². The maximum Gasteiger partial charge on any atom is 0.222 e. The second-order valence-electron chi connectivity index (χ2n) is 4.26. The molecule has 1 rings (SSSR count). The summed E-state index contributed by atoms with van der Waals surface area (Å²) in [5, 5.41) is 5.91. The zero-order valence-corrected chi connectivity index (χ0v) is 10.6. The molecular formula is C12H20N4O. The summed E-state index contributed by atoms with van der Waals surface area (Å²) in [5.41, 5.74) is 7.29. The Morgan fingerprint density at radius 3 is 2.76 bits per heavy atom. The Bertz CT molecular complexity index is 390. The van der Waals surface area contributed by atoms with Crippen LogP contribution in [-0.4, -0.2) is 24.0 Å². The number of nitrogens with two attached hydrogens (primary N) is 1. The van der Waals surface area contributed by atoms with E-state index in [1.54, 1.807) is 0 Å². The largest absolute Gasteiger partial charge is 0.396 e. The summed E-state index contributed by atoms with van der Waals surface area (Å²) in [4.78, 5) is 15.6. The number of pyridine rings is 1. The average Bonchev–Trinajstić information content (AvgIpc) is 2.28. The molecule has 0 fully saturated rings. The number of carbonyl (C=O) groups is 1. The van der Waals surface area contributed by atoms with Gasteiger partial charge in [-0.25, -0.2) is 4.98 Å². The van der Waals surface area contributed by atoms with Gasteiger partial charge in [-0.15, -0.1) is 0 Å². The molecule has 94 valence electrons. The second kappa shape index (κ2) is 6.08. The Hall–Kier alpha value is -1.78. The highest BCUT2D eigenvalue weighted by molar-refractivity contribution is 5.77. The first-order chi connectivity index (χ1) is 8.00. The summed E-state index contributed by atoms with van der Waals surface area (Å²) >= 11 is 0. The first-order valence-corrected chi connectivity index (χ1v) is 5.75. The Morgan fingerprint density at radius 1 is 1.41 bits per heavy atom. The molecular weight excluding hydrogens is 216 g/mol. The smallest absolute Gasteiger partial charge is 0.222 e. The van der Waals surface area contributed by atoms with E-state index in [1.807, 2.05) is 32.9 Å². The Morgan fingerprint density at radius 2 is 2.12 bits per heavy atom. The number of aryl methyl sites for hydroxylation is 1. The Balaban J connectivity index is 2.36. The van der Waals surface area contributed by atoms with Crippen molar-refractivity contribution in [2.24, 2.45) is 5.92 Å². The van der Waals surface area contributed by atoms with Gasteiger partial charge in [-0.3, -0.25) is 4.79 Å². The van der Waals surface area contributed by atoms with Gasteiger partial charge < -0.3 is 16.4 Å². The maximum atomic E-state index is 11.3. The molecule has 0 bridgehead atoms. The molecule has 0 aromatic carbocycles. The lowest BCUT2D eigenvalue weighted by Gasteiger charge is -2.10. The summed E-state index contributed by atoms with van der Waals surface area (Å²) < 4.78 is 0. The van der Waals surface area contributed by atoms with Crippen molar-refractivity contribution in [1.29, 1.82) is 0 Å². The van der Waals surface area contributed by atoms with Crippen LogP contribution < -0.4 is 16.4 Å². The molecule has 4 N–H and O–H groups in total. The number of amides is 1.